The molecule has 1 rings (SSSR count). The second-order valence-electron chi connectivity index (χ2n) is 7.30. The summed E-state index contributed by atoms with van der Waals surface area (Å²) in [6.45, 7) is 7.84. The molecule has 0 unspecified atom stereocenters. The average molecular weight is 355 g/mol. The summed E-state index contributed by atoms with van der Waals surface area (Å²) in [6.07, 6.45) is 0. The summed E-state index contributed by atoms with van der Waals surface area (Å²) in [5.41, 5.74) is -2.56. The second-order valence-corrected chi connectivity index (χ2v) is 8.67. The first-order valence-corrected chi connectivity index (χ1v) is 8.26. The van der Waals surface area contributed by atoms with E-state index >= 15 is 0 Å². The molecule has 0 aliphatic carbocycles. The molecule has 0 aliphatic rings. The molecule has 0 atom stereocenters. The molecule has 1 aromatic rings. The van der Waals surface area contributed by atoms with Crippen LogP contribution in [0.15, 0.2) is 24.3 Å². The molecule has 134 valence electrons. The standard InChI is InChI=1S/C14H24N.CHF3O3S/c1-14(2,3)13-9-7-12(8-10-13)11-15(4,5)6;2-1(3,4)8(5,6)7/h7-10H,11H2,1-6H3;(H,5,6,7)/q+1;/p-1. The largest absolute Gasteiger partial charge is 0.741 e. The van der Waals surface area contributed by atoms with Crippen LogP contribution in [0.2, 0.25) is 0 Å². The van der Waals surface area contributed by atoms with Crippen molar-refractivity contribution >= 4 is 10.1 Å². The predicted molar refractivity (Wildman–Crippen MR) is 82.6 cm³/mol. The normalized spacial score (nSPS) is 13.3. The van der Waals surface area contributed by atoms with Crippen LogP contribution in [-0.2, 0) is 22.1 Å². The van der Waals surface area contributed by atoms with E-state index in [9.17, 15) is 13.2 Å². The highest BCUT2D eigenvalue weighted by Crippen LogP contribution is 2.22. The third kappa shape index (κ3) is 8.92. The van der Waals surface area contributed by atoms with Gasteiger partial charge in [0.2, 0.25) is 0 Å². The Morgan fingerprint density at radius 3 is 1.57 bits per heavy atom. The summed E-state index contributed by atoms with van der Waals surface area (Å²) in [7, 11) is 0.569. The van der Waals surface area contributed by atoms with Crippen LogP contribution < -0.4 is 0 Å². The number of hydrogen-bond donors (Lipinski definition) is 0. The van der Waals surface area contributed by atoms with Crippen LogP contribution in [-0.4, -0.2) is 44.1 Å². The minimum absolute atomic E-state index is 0.259. The zero-order chi connectivity index (χ0) is 18.7. The van der Waals surface area contributed by atoms with Crippen LogP contribution in [0.25, 0.3) is 0 Å². The molecule has 0 N–H and O–H groups in total. The molecule has 0 spiro atoms. The van der Waals surface area contributed by atoms with Crippen LogP contribution in [0.4, 0.5) is 13.2 Å². The van der Waals surface area contributed by atoms with Gasteiger partial charge in [0.05, 0.1) is 21.1 Å². The lowest BCUT2D eigenvalue weighted by atomic mass is 9.87. The molecule has 4 nitrogen and oxygen atoms in total. The molecule has 8 heteroatoms. The monoisotopic (exact) mass is 355 g/mol. The molecule has 0 fully saturated rings. The van der Waals surface area contributed by atoms with E-state index in [1.165, 1.54) is 11.1 Å². The fourth-order valence-corrected chi connectivity index (χ4v) is 1.66. The van der Waals surface area contributed by atoms with E-state index < -0.39 is 15.6 Å². The van der Waals surface area contributed by atoms with Gasteiger partial charge in [-0.15, -0.1) is 0 Å². The van der Waals surface area contributed by atoms with Crippen molar-refractivity contribution in [1.82, 2.24) is 0 Å². The van der Waals surface area contributed by atoms with Crippen LogP contribution in [0, 0.1) is 0 Å². The molecule has 0 amide bonds. The smallest absolute Gasteiger partial charge is 0.485 e. The van der Waals surface area contributed by atoms with Crippen molar-refractivity contribution in [2.75, 3.05) is 21.1 Å². The van der Waals surface area contributed by atoms with Gasteiger partial charge >= 0.3 is 5.51 Å². The highest BCUT2D eigenvalue weighted by atomic mass is 32.2. The number of halogens is 3. The zero-order valence-electron chi connectivity index (χ0n) is 14.2. The van der Waals surface area contributed by atoms with Crippen LogP contribution >= 0.6 is 0 Å². The number of benzene rings is 1. The van der Waals surface area contributed by atoms with E-state index in [-0.39, 0.29) is 5.41 Å². The van der Waals surface area contributed by atoms with Gasteiger partial charge < -0.3 is 9.04 Å². The minimum atomic E-state index is -6.09. The zero-order valence-corrected chi connectivity index (χ0v) is 15.0. The highest BCUT2D eigenvalue weighted by Gasteiger charge is 2.36. The van der Waals surface area contributed by atoms with Crippen molar-refractivity contribution in [3.63, 3.8) is 0 Å². The Balaban J connectivity index is 0.000000515. The van der Waals surface area contributed by atoms with Gasteiger partial charge in [0.1, 0.15) is 6.54 Å². The van der Waals surface area contributed by atoms with Crippen LogP contribution in [0.1, 0.15) is 31.9 Å². The Morgan fingerprint density at radius 1 is 1.00 bits per heavy atom. The third-order valence-corrected chi connectivity index (χ3v) is 3.33. The third-order valence-electron chi connectivity index (χ3n) is 2.76. The Labute approximate surface area is 136 Å². The summed E-state index contributed by atoms with van der Waals surface area (Å²) in [5.74, 6) is 0. The maximum Gasteiger partial charge on any atom is 0.485 e. The lowest BCUT2D eigenvalue weighted by Crippen LogP contribution is -2.33. The minimum Gasteiger partial charge on any atom is -0.741 e. The molecule has 0 saturated heterocycles. The molecule has 0 bridgehead atoms. The number of rotatable bonds is 2. The fraction of sp³-hybridized carbons (Fsp3) is 0.600. The lowest BCUT2D eigenvalue weighted by molar-refractivity contribution is -0.884. The van der Waals surface area contributed by atoms with Gasteiger partial charge in [0.15, 0.2) is 10.1 Å². The Bertz CT molecular complexity index is 595. The molecule has 0 aromatic heterocycles. The first kappa shape index (κ1) is 21.9. The quantitative estimate of drug-likeness (QED) is 0.465. The van der Waals surface area contributed by atoms with E-state index in [1.54, 1.807) is 0 Å². The molecule has 23 heavy (non-hydrogen) atoms. The number of nitrogens with zero attached hydrogens (tertiary/aromatic N) is 1. The van der Waals surface area contributed by atoms with Crippen molar-refractivity contribution in [1.29, 1.82) is 0 Å². The van der Waals surface area contributed by atoms with Gasteiger partial charge in [-0.2, -0.15) is 13.2 Å². The second kappa shape index (κ2) is 7.19. The van der Waals surface area contributed by atoms with E-state index in [1.807, 2.05) is 0 Å². The van der Waals surface area contributed by atoms with Crippen molar-refractivity contribution in [2.24, 2.45) is 0 Å². The van der Waals surface area contributed by atoms with Gasteiger partial charge in [-0.25, -0.2) is 8.42 Å². The van der Waals surface area contributed by atoms with Gasteiger partial charge in [-0.1, -0.05) is 45.0 Å². The highest BCUT2D eigenvalue weighted by molar-refractivity contribution is 7.86. The Hall–Kier alpha value is -1.12. The molecular formula is C15H24F3NO3S. The molecule has 1 aromatic carbocycles. The van der Waals surface area contributed by atoms with E-state index in [0.29, 0.717) is 0 Å². The van der Waals surface area contributed by atoms with Crippen LogP contribution in [0.3, 0.4) is 0 Å². The summed E-state index contributed by atoms with van der Waals surface area (Å²) < 4.78 is 59.9. The average Bonchev–Trinajstić information content (AvgIpc) is 2.24. The van der Waals surface area contributed by atoms with Crippen molar-refractivity contribution < 1.29 is 30.6 Å². The summed E-state index contributed by atoms with van der Waals surface area (Å²) >= 11 is 0. The van der Waals surface area contributed by atoms with Gasteiger partial charge in [0, 0.05) is 5.56 Å². The number of hydrogen-bond acceptors (Lipinski definition) is 3. The molecular weight excluding hydrogens is 331 g/mol. The number of quaternary nitrogens is 1. The number of alkyl halides is 3. The SMILES string of the molecule is CC(C)(C)c1ccc(C[N+](C)(C)C)cc1.O=S(=O)([O-])C(F)(F)F. The van der Waals surface area contributed by atoms with E-state index in [2.05, 4.69) is 66.2 Å². The Kier molecular flexibility index (Phi) is 6.84. The maximum absolute atomic E-state index is 10.7. The van der Waals surface area contributed by atoms with Gasteiger partial charge in [-0.05, 0) is 11.0 Å². The van der Waals surface area contributed by atoms with Crippen molar-refractivity contribution in [3.8, 4) is 0 Å². The summed E-state index contributed by atoms with van der Waals surface area (Å²) in [4.78, 5) is 0. The molecule has 0 aliphatic heterocycles. The molecule has 0 heterocycles. The van der Waals surface area contributed by atoms with E-state index in [0.717, 1.165) is 11.0 Å². The van der Waals surface area contributed by atoms with Crippen molar-refractivity contribution in [2.45, 2.75) is 38.2 Å². The predicted octanol–water partition coefficient (Wildman–Crippen LogP) is 3.24. The summed E-state index contributed by atoms with van der Waals surface area (Å²) in [6, 6.07) is 9.02. The van der Waals surface area contributed by atoms with Gasteiger partial charge in [0.25, 0.3) is 0 Å². The Morgan fingerprint density at radius 2 is 1.35 bits per heavy atom. The first-order valence-electron chi connectivity index (χ1n) is 6.85. The molecule has 0 radical (unpaired) electrons. The fourth-order valence-electron chi connectivity index (χ4n) is 1.66. The molecule has 0 saturated carbocycles. The first-order chi connectivity index (χ1) is 9.93. The topological polar surface area (TPSA) is 57.2 Å². The lowest BCUT2D eigenvalue weighted by Gasteiger charge is -2.24. The van der Waals surface area contributed by atoms with E-state index in [4.69, 9.17) is 13.0 Å². The van der Waals surface area contributed by atoms with Gasteiger partial charge in [-0.3, -0.25) is 0 Å². The maximum atomic E-state index is 10.7. The summed E-state index contributed by atoms with van der Waals surface area (Å²) in [5, 5.41) is 0. The van der Waals surface area contributed by atoms with Crippen molar-refractivity contribution in [3.05, 3.63) is 35.4 Å². The van der Waals surface area contributed by atoms with Crippen LogP contribution in [0.5, 0.6) is 0 Å².